The van der Waals surface area contributed by atoms with Crippen molar-refractivity contribution in [3.63, 3.8) is 0 Å². The minimum absolute atomic E-state index is 0.239. The normalized spacial score (nSPS) is 21.1. The molecule has 5 rings (SSSR count). The van der Waals surface area contributed by atoms with Gasteiger partial charge >= 0.3 is 0 Å². The fourth-order valence-corrected chi connectivity index (χ4v) is 4.58. The van der Waals surface area contributed by atoms with Crippen LogP contribution in [0.5, 0.6) is 0 Å². The fourth-order valence-electron chi connectivity index (χ4n) is 4.58. The number of H-pyrrole nitrogens is 1. The van der Waals surface area contributed by atoms with Gasteiger partial charge in [-0.25, -0.2) is 9.37 Å². The van der Waals surface area contributed by atoms with Crippen LogP contribution < -0.4 is 0 Å². The van der Waals surface area contributed by atoms with E-state index in [9.17, 15) is 4.39 Å². The molecule has 2 fully saturated rings. The molecule has 0 radical (unpaired) electrons. The lowest BCUT2D eigenvalue weighted by molar-refractivity contribution is 0.0608. The predicted octanol–water partition coefficient (Wildman–Crippen LogP) is 3.90. The van der Waals surface area contributed by atoms with Gasteiger partial charge in [-0.05, 0) is 49.9 Å². The summed E-state index contributed by atoms with van der Waals surface area (Å²) in [4.78, 5) is 7.24. The summed E-state index contributed by atoms with van der Waals surface area (Å²) in [5.41, 5.74) is 3.83. The van der Waals surface area contributed by atoms with Crippen molar-refractivity contribution in [1.82, 2.24) is 24.6 Å². The molecule has 1 aromatic carbocycles. The zero-order valence-corrected chi connectivity index (χ0v) is 16.4. The lowest BCUT2D eigenvalue weighted by Crippen LogP contribution is -2.39. The molecule has 0 amide bonds. The van der Waals surface area contributed by atoms with Crippen LogP contribution in [0.3, 0.4) is 0 Å². The Balaban J connectivity index is 1.38. The van der Waals surface area contributed by atoms with Crippen molar-refractivity contribution in [1.29, 1.82) is 0 Å². The Hall–Kier alpha value is -2.51. The van der Waals surface area contributed by atoms with Crippen LogP contribution in [0, 0.1) is 5.82 Å². The quantitative estimate of drug-likeness (QED) is 0.712. The minimum Gasteiger partial charge on any atom is -0.377 e. The second-order valence-corrected chi connectivity index (χ2v) is 8.01. The number of aromatic amines is 1. The van der Waals surface area contributed by atoms with Gasteiger partial charge in [-0.3, -0.25) is 5.10 Å². The molecule has 2 aliphatic rings. The zero-order chi connectivity index (χ0) is 19.6. The van der Waals surface area contributed by atoms with Crippen LogP contribution in [0.4, 0.5) is 4.39 Å². The summed E-state index contributed by atoms with van der Waals surface area (Å²) in [6.07, 6.45) is 10.6. The van der Waals surface area contributed by atoms with E-state index in [1.807, 2.05) is 18.7 Å². The van der Waals surface area contributed by atoms with Gasteiger partial charge in [0.25, 0.3) is 0 Å². The average Bonchev–Trinajstić information content (AvgIpc) is 3.50. The number of aromatic nitrogens is 4. The molecular formula is C22H26FN5O. The third kappa shape index (κ3) is 3.84. The van der Waals surface area contributed by atoms with E-state index >= 15 is 0 Å². The molecule has 1 unspecified atom stereocenters. The molecule has 7 heteroatoms. The molecule has 0 spiro atoms. The van der Waals surface area contributed by atoms with E-state index in [0.717, 1.165) is 61.6 Å². The topological polar surface area (TPSA) is 59.0 Å². The monoisotopic (exact) mass is 395 g/mol. The number of nitrogens with one attached hydrogen (secondary N) is 1. The van der Waals surface area contributed by atoms with Crippen molar-refractivity contribution in [3.8, 4) is 22.5 Å². The van der Waals surface area contributed by atoms with Crippen LogP contribution in [-0.2, 0) is 4.74 Å². The number of hydrogen-bond acceptors (Lipinski definition) is 4. The van der Waals surface area contributed by atoms with Crippen LogP contribution >= 0.6 is 0 Å². The second-order valence-electron chi connectivity index (χ2n) is 8.01. The van der Waals surface area contributed by atoms with Crippen LogP contribution in [0.1, 0.15) is 31.7 Å². The first-order valence-electron chi connectivity index (χ1n) is 10.4. The number of hydrogen-bond donors (Lipinski definition) is 1. The van der Waals surface area contributed by atoms with Crippen molar-refractivity contribution in [2.24, 2.45) is 0 Å². The van der Waals surface area contributed by atoms with Crippen molar-refractivity contribution in [2.45, 2.75) is 37.8 Å². The van der Waals surface area contributed by atoms with Gasteiger partial charge in [0.15, 0.2) is 0 Å². The molecule has 1 N–H and O–H groups in total. The van der Waals surface area contributed by atoms with E-state index in [0.29, 0.717) is 12.1 Å². The zero-order valence-electron chi connectivity index (χ0n) is 16.4. The Morgan fingerprint density at radius 3 is 2.62 bits per heavy atom. The SMILES string of the molecule is Fc1ccc(-c2ncn(C3CCN(CC4CCCO4)CC3)c2-c2cn[nH]c2)cc1. The summed E-state index contributed by atoms with van der Waals surface area (Å²) >= 11 is 0. The molecule has 6 nitrogen and oxygen atoms in total. The molecule has 29 heavy (non-hydrogen) atoms. The first-order valence-corrected chi connectivity index (χ1v) is 10.4. The van der Waals surface area contributed by atoms with Crippen molar-refractivity contribution < 1.29 is 9.13 Å². The highest BCUT2D eigenvalue weighted by Crippen LogP contribution is 2.35. The third-order valence-corrected chi connectivity index (χ3v) is 6.12. The molecule has 0 aliphatic carbocycles. The van der Waals surface area contributed by atoms with Crippen molar-refractivity contribution >= 4 is 0 Å². The van der Waals surface area contributed by atoms with Gasteiger partial charge in [-0.15, -0.1) is 0 Å². The van der Waals surface area contributed by atoms with E-state index in [2.05, 4.69) is 19.7 Å². The predicted molar refractivity (Wildman–Crippen MR) is 109 cm³/mol. The van der Waals surface area contributed by atoms with Crippen LogP contribution in [0.15, 0.2) is 43.0 Å². The summed E-state index contributed by atoms with van der Waals surface area (Å²) < 4.78 is 21.5. The maximum absolute atomic E-state index is 13.4. The second kappa shape index (κ2) is 8.08. The van der Waals surface area contributed by atoms with E-state index in [1.54, 1.807) is 12.1 Å². The smallest absolute Gasteiger partial charge is 0.123 e. The highest BCUT2D eigenvalue weighted by molar-refractivity contribution is 5.78. The van der Waals surface area contributed by atoms with Gasteiger partial charge < -0.3 is 14.2 Å². The molecule has 2 saturated heterocycles. The Morgan fingerprint density at radius 2 is 1.93 bits per heavy atom. The van der Waals surface area contributed by atoms with Crippen molar-refractivity contribution in [2.75, 3.05) is 26.2 Å². The van der Waals surface area contributed by atoms with Crippen LogP contribution in [0.25, 0.3) is 22.5 Å². The standard InChI is InChI=1S/C22H26FN5O/c23-18-5-3-16(4-6-18)21-22(17-12-25-26-13-17)28(15-24-21)19-7-9-27(10-8-19)14-20-2-1-11-29-20/h3-6,12-13,15,19-20H,1-2,7-11,14H2,(H,25,26). The molecule has 2 aromatic heterocycles. The Bertz CT molecular complexity index is 923. The summed E-state index contributed by atoms with van der Waals surface area (Å²) in [5.74, 6) is -0.239. The van der Waals surface area contributed by atoms with Gasteiger partial charge in [0.2, 0.25) is 0 Å². The summed E-state index contributed by atoms with van der Waals surface area (Å²) in [6, 6.07) is 6.93. The number of rotatable bonds is 5. The summed E-state index contributed by atoms with van der Waals surface area (Å²) in [5, 5.41) is 7.04. The van der Waals surface area contributed by atoms with Gasteiger partial charge in [0.1, 0.15) is 5.82 Å². The first-order chi connectivity index (χ1) is 14.3. The van der Waals surface area contributed by atoms with Gasteiger partial charge in [-0.2, -0.15) is 5.10 Å². The number of piperidine rings is 1. The molecular weight excluding hydrogens is 369 g/mol. The Labute approximate surface area is 169 Å². The van der Waals surface area contributed by atoms with E-state index < -0.39 is 0 Å². The molecule has 0 saturated carbocycles. The summed E-state index contributed by atoms with van der Waals surface area (Å²) in [7, 11) is 0. The summed E-state index contributed by atoms with van der Waals surface area (Å²) in [6.45, 7) is 4.10. The van der Waals surface area contributed by atoms with Crippen molar-refractivity contribution in [3.05, 3.63) is 48.8 Å². The van der Waals surface area contributed by atoms with Crippen LogP contribution in [0.2, 0.25) is 0 Å². The largest absolute Gasteiger partial charge is 0.377 e. The number of halogens is 1. The van der Waals surface area contributed by atoms with Gasteiger partial charge in [0, 0.05) is 49.6 Å². The molecule has 4 heterocycles. The first kappa shape index (κ1) is 18.5. The molecule has 152 valence electrons. The number of imidazole rings is 1. The maximum atomic E-state index is 13.4. The molecule has 1 atom stereocenters. The van der Waals surface area contributed by atoms with E-state index in [1.165, 1.54) is 25.0 Å². The van der Waals surface area contributed by atoms with E-state index in [-0.39, 0.29) is 5.82 Å². The van der Waals surface area contributed by atoms with Crippen LogP contribution in [-0.4, -0.2) is 57.0 Å². The fraction of sp³-hybridized carbons (Fsp3) is 0.455. The number of likely N-dealkylation sites (tertiary alicyclic amines) is 1. The highest BCUT2D eigenvalue weighted by atomic mass is 19.1. The number of ether oxygens (including phenoxy) is 1. The van der Waals surface area contributed by atoms with Gasteiger partial charge in [-0.1, -0.05) is 0 Å². The molecule has 3 aromatic rings. The number of nitrogens with zero attached hydrogens (tertiary/aromatic N) is 4. The molecule has 2 aliphatic heterocycles. The Morgan fingerprint density at radius 1 is 1.10 bits per heavy atom. The average molecular weight is 395 g/mol. The maximum Gasteiger partial charge on any atom is 0.123 e. The van der Waals surface area contributed by atoms with Gasteiger partial charge in [0.05, 0.1) is 30.0 Å². The molecule has 0 bridgehead atoms. The number of benzene rings is 1. The minimum atomic E-state index is -0.239. The lowest BCUT2D eigenvalue weighted by Gasteiger charge is -2.34. The highest BCUT2D eigenvalue weighted by Gasteiger charge is 2.27. The van der Waals surface area contributed by atoms with E-state index in [4.69, 9.17) is 9.72 Å². The Kier molecular flexibility index (Phi) is 5.16. The third-order valence-electron chi connectivity index (χ3n) is 6.12. The lowest BCUT2D eigenvalue weighted by atomic mass is 10.0.